The monoisotopic (exact) mass is 362 g/mol. The van der Waals surface area contributed by atoms with Gasteiger partial charge in [-0.1, -0.05) is 13.8 Å². The minimum absolute atomic E-state index is 0. The molecule has 0 bridgehead atoms. The van der Waals surface area contributed by atoms with E-state index >= 15 is 0 Å². The quantitative estimate of drug-likeness (QED) is 0.625. The Hall–Kier alpha value is -1.28. The molecule has 24 heavy (non-hydrogen) atoms. The minimum atomic E-state index is -0.617. The van der Waals surface area contributed by atoms with Crippen LogP contribution in [0.25, 0.3) is 0 Å². The number of hydrogen-bond donors (Lipinski definition) is 4. The molecule has 2 unspecified atom stereocenters. The third kappa shape index (κ3) is 4.42. The summed E-state index contributed by atoms with van der Waals surface area (Å²) in [5, 5.41) is 2.92. The Kier molecular flexibility index (Phi) is 7.54. The van der Waals surface area contributed by atoms with Crippen LogP contribution in [-0.4, -0.2) is 18.6 Å². The first-order valence-electron chi connectivity index (χ1n) is 7.92. The molecular formula is C16H25ClF2N4O. The van der Waals surface area contributed by atoms with Gasteiger partial charge >= 0.3 is 0 Å². The first kappa shape index (κ1) is 20.8. The maximum Gasteiger partial charge on any atom is 0.228 e. The van der Waals surface area contributed by atoms with Crippen molar-refractivity contribution in [3.05, 3.63) is 35.4 Å². The number of nitrogens with one attached hydrogen (secondary N) is 3. The van der Waals surface area contributed by atoms with E-state index in [-0.39, 0.29) is 37.1 Å². The highest BCUT2D eigenvalue weighted by Crippen LogP contribution is 2.27. The van der Waals surface area contributed by atoms with E-state index in [0.717, 1.165) is 6.07 Å². The molecule has 1 amide bonds. The van der Waals surface area contributed by atoms with Crippen molar-refractivity contribution in [2.24, 2.45) is 11.1 Å². The second-order valence-electron chi connectivity index (χ2n) is 6.00. The van der Waals surface area contributed by atoms with Gasteiger partial charge < -0.3 is 11.1 Å². The first-order valence-corrected chi connectivity index (χ1v) is 7.92. The lowest BCUT2D eigenvalue weighted by Crippen LogP contribution is -2.52. The van der Waals surface area contributed by atoms with E-state index in [2.05, 4.69) is 16.2 Å². The summed E-state index contributed by atoms with van der Waals surface area (Å²) < 4.78 is 26.6. The predicted octanol–water partition coefficient (Wildman–Crippen LogP) is 2.13. The summed E-state index contributed by atoms with van der Waals surface area (Å²) in [4.78, 5) is 12.5. The highest BCUT2D eigenvalue weighted by Gasteiger charge is 2.36. The summed E-state index contributed by atoms with van der Waals surface area (Å²) in [5.74, 6) is -1.34. The van der Waals surface area contributed by atoms with Gasteiger partial charge in [-0.2, -0.15) is 0 Å². The zero-order valence-electron chi connectivity index (χ0n) is 13.9. The zero-order valence-corrected chi connectivity index (χ0v) is 14.7. The van der Waals surface area contributed by atoms with Gasteiger partial charge in [-0.15, -0.1) is 12.4 Å². The van der Waals surface area contributed by atoms with Crippen LogP contribution in [0.5, 0.6) is 0 Å². The molecule has 2 atom stereocenters. The van der Waals surface area contributed by atoms with Crippen LogP contribution in [0, 0.1) is 17.0 Å². The Labute approximate surface area is 147 Å². The second-order valence-corrected chi connectivity index (χ2v) is 6.00. The van der Waals surface area contributed by atoms with Crippen LogP contribution >= 0.6 is 12.4 Å². The van der Waals surface area contributed by atoms with Crippen LogP contribution in [0.15, 0.2) is 18.2 Å². The van der Waals surface area contributed by atoms with Crippen molar-refractivity contribution in [3.8, 4) is 0 Å². The molecule has 1 heterocycles. The minimum Gasteiger partial charge on any atom is -0.339 e. The summed E-state index contributed by atoms with van der Waals surface area (Å²) in [6, 6.07) is 3.13. The van der Waals surface area contributed by atoms with Crippen LogP contribution in [0.3, 0.4) is 0 Å². The molecule has 0 aliphatic carbocycles. The van der Waals surface area contributed by atoms with E-state index in [1.165, 1.54) is 12.1 Å². The van der Waals surface area contributed by atoms with Crippen LogP contribution in [0.2, 0.25) is 0 Å². The van der Waals surface area contributed by atoms with Gasteiger partial charge in [0, 0.05) is 25.1 Å². The van der Waals surface area contributed by atoms with E-state index in [0.29, 0.717) is 24.8 Å². The molecule has 1 aliphatic rings. The Morgan fingerprint density at radius 2 is 1.83 bits per heavy atom. The Morgan fingerprint density at radius 3 is 2.33 bits per heavy atom. The van der Waals surface area contributed by atoms with Crippen molar-refractivity contribution < 1.29 is 13.6 Å². The fourth-order valence-electron chi connectivity index (χ4n) is 2.91. The smallest absolute Gasteiger partial charge is 0.228 e. The molecule has 0 spiro atoms. The lowest BCUT2D eigenvalue weighted by Gasteiger charge is -2.30. The number of rotatable bonds is 6. The second kappa shape index (κ2) is 8.71. The summed E-state index contributed by atoms with van der Waals surface area (Å²) >= 11 is 0. The van der Waals surface area contributed by atoms with Crippen LogP contribution < -0.4 is 21.9 Å². The molecule has 2 rings (SSSR count). The lowest BCUT2D eigenvalue weighted by atomic mass is 9.81. The highest BCUT2D eigenvalue weighted by atomic mass is 35.5. The lowest BCUT2D eigenvalue weighted by molar-refractivity contribution is -0.131. The average molecular weight is 363 g/mol. The average Bonchev–Trinajstić information content (AvgIpc) is 2.97. The first-order chi connectivity index (χ1) is 10.9. The predicted molar refractivity (Wildman–Crippen MR) is 91.2 cm³/mol. The number of carbonyl (C=O) groups excluding carboxylic acids is 1. The fraction of sp³-hybridized carbons (Fsp3) is 0.562. The van der Waals surface area contributed by atoms with Crippen molar-refractivity contribution in [2.75, 3.05) is 6.54 Å². The molecule has 5 nitrogen and oxygen atoms in total. The maximum absolute atomic E-state index is 13.3. The molecule has 8 heteroatoms. The Bertz CT molecular complexity index is 540. The molecule has 0 saturated carbocycles. The molecule has 0 radical (unpaired) electrons. The number of carbonyl (C=O) groups is 1. The van der Waals surface area contributed by atoms with E-state index in [4.69, 9.17) is 5.73 Å². The van der Waals surface area contributed by atoms with Gasteiger partial charge in [-0.25, -0.2) is 19.6 Å². The summed E-state index contributed by atoms with van der Waals surface area (Å²) in [5.41, 5.74) is 11.6. The van der Waals surface area contributed by atoms with Gasteiger partial charge in [-0.05, 0) is 30.5 Å². The molecule has 1 fully saturated rings. The van der Waals surface area contributed by atoms with E-state index in [1.807, 2.05) is 13.8 Å². The number of benzene rings is 1. The number of hydrogen-bond acceptors (Lipinski definition) is 4. The van der Waals surface area contributed by atoms with Gasteiger partial charge in [-0.3, -0.25) is 4.79 Å². The van der Waals surface area contributed by atoms with Gasteiger partial charge in [0.2, 0.25) is 5.91 Å². The number of nitrogens with two attached hydrogens (primary N) is 1. The molecule has 136 valence electrons. The molecule has 1 aliphatic heterocycles. The number of amides is 1. The Morgan fingerprint density at radius 1 is 1.25 bits per heavy atom. The highest BCUT2D eigenvalue weighted by molar-refractivity contribution is 5.85. The van der Waals surface area contributed by atoms with Crippen LogP contribution in [0.1, 0.15) is 44.7 Å². The van der Waals surface area contributed by atoms with Crippen molar-refractivity contribution in [2.45, 2.75) is 45.3 Å². The van der Waals surface area contributed by atoms with Gasteiger partial charge in [0.15, 0.2) is 0 Å². The molecule has 1 saturated heterocycles. The molecular weight excluding hydrogens is 338 g/mol. The summed E-state index contributed by atoms with van der Waals surface area (Å²) in [6.45, 7) is 4.16. The third-order valence-corrected chi connectivity index (χ3v) is 4.72. The standard InChI is InChI=1S/C16H24F2N4O.ClH/c1-3-16(4-2,9-19)15(23)20-14-8-13(21-22-14)10-5-11(17)7-12(18)6-10;/h5-7,13-14,21-22H,3-4,8-9,19H2,1-2H3,(H,20,23);1H. The zero-order chi connectivity index (χ0) is 17.0. The van der Waals surface area contributed by atoms with E-state index < -0.39 is 17.0 Å². The maximum atomic E-state index is 13.3. The van der Waals surface area contributed by atoms with Gasteiger partial charge in [0.25, 0.3) is 0 Å². The van der Waals surface area contributed by atoms with Gasteiger partial charge in [0.1, 0.15) is 11.6 Å². The normalized spacial score (nSPS) is 20.5. The summed E-state index contributed by atoms with van der Waals surface area (Å²) in [6.07, 6.45) is 1.49. The van der Waals surface area contributed by atoms with E-state index in [9.17, 15) is 13.6 Å². The molecule has 5 N–H and O–H groups in total. The topological polar surface area (TPSA) is 79.2 Å². The molecule has 0 aromatic heterocycles. The molecule has 1 aromatic carbocycles. The molecule has 1 aromatic rings. The van der Waals surface area contributed by atoms with Crippen molar-refractivity contribution in [1.29, 1.82) is 0 Å². The largest absolute Gasteiger partial charge is 0.339 e. The number of hydrazine groups is 1. The van der Waals surface area contributed by atoms with E-state index in [1.54, 1.807) is 0 Å². The van der Waals surface area contributed by atoms with Crippen LogP contribution in [-0.2, 0) is 4.79 Å². The van der Waals surface area contributed by atoms with Crippen molar-refractivity contribution >= 4 is 18.3 Å². The fourth-order valence-corrected chi connectivity index (χ4v) is 2.91. The summed E-state index contributed by atoms with van der Waals surface area (Å²) in [7, 11) is 0. The van der Waals surface area contributed by atoms with Gasteiger partial charge in [0.05, 0.1) is 11.6 Å². The Balaban J connectivity index is 0.00000288. The van der Waals surface area contributed by atoms with Crippen molar-refractivity contribution in [3.63, 3.8) is 0 Å². The van der Waals surface area contributed by atoms with Crippen LogP contribution in [0.4, 0.5) is 8.78 Å². The SMILES string of the molecule is CCC(CC)(CN)C(=O)NC1CC(c2cc(F)cc(F)c2)NN1.Cl. The third-order valence-electron chi connectivity index (χ3n) is 4.72. The van der Waals surface area contributed by atoms with Crippen molar-refractivity contribution in [1.82, 2.24) is 16.2 Å². The number of halogens is 3.